The summed E-state index contributed by atoms with van der Waals surface area (Å²) in [7, 11) is 3.51. The van der Waals surface area contributed by atoms with Crippen LogP contribution in [0.4, 0.5) is 0 Å². The number of nitrogens with one attached hydrogen (secondary N) is 2. The molecular formula is C16H31N5O2. The highest BCUT2D eigenvalue weighted by atomic mass is 16.5. The van der Waals surface area contributed by atoms with Crippen molar-refractivity contribution >= 4 is 11.9 Å². The lowest BCUT2D eigenvalue weighted by Gasteiger charge is -2.26. The second-order valence-electron chi connectivity index (χ2n) is 6.51. The summed E-state index contributed by atoms with van der Waals surface area (Å²) in [5, 5.41) is 6.70. The van der Waals surface area contributed by atoms with Crippen LogP contribution in [0.1, 0.15) is 19.3 Å². The highest BCUT2D eigenvalue weighted by molar-refractivity contribution is 5.84. The number of hydrogen-bond donors (Lipinski definition) is 2. The molecule has 0 spiro atoms. The molecule has 0 aromatic rings. The predicted octanol–water partition coefficient (Wildman–Crippen LogP) is -0.258. The van der Waals surface area contributed by atoms with Crippen LogP contribution in [-0.2, 0) is 9.53 Å². The van der Waals surface area contributed by atoms with E-state index < -0.39 is 0 Å². The van der Waals surface area contributed by atoms with E-state index in [1.165, 1.54) is 12.8 Å². The van der Waals surface area contributed by atoms with Crippen LogP contribution in [0.5, 0.6) is 0 Å². The molecule has 23 heavy (non-hydrogen) atoms. The molecule has 2 fully saturated rings. The Morgan fingerprint density at radius 2 is 2.00 bits per heavy atom. The molecule has 0 unspecified atom stereocenters. The molecule has 0 aromatic heterocycles. The van der Waals surface area contributed by atoms with Gasteiger partial charge in [-0.1, -0.05) is 0 Å². The van der Waals surface area contributed by atoms with Crippen molar-refractivity contribution in [3.05, 3.63) is 0 Å². The Morgan fingerprint density at radius 1 is 1.26 bits per heavy atom. The zero-order valence-electron chi connectivity index (χ0n) is 14.5. The van der Waals surface area contributed by atoms with Crippen LogP contribution in [-0.4, -0.2) is 88.2 Å². The number of carbonyl (C=O) groups excluding carboxylic acids is 1. The Morgan fingerprint density at radius 3 is 2.65 bits per heavy atom. The number of nitrogens with zero attached hydrogens (tertiary/aromatic N) is 3. The summed E-state index contributed by atoms with van der Waals surface area (Å²) in [4.78, 5) is 20.1. The molecule has 2 rings (SSSR count). The highest BCUT2D eigenvalue weighted by Crippen LogP contribution is 2.27. The van der Waals surface area contributed by atoms with Gasteiger partial charge in [-0.3, -0.25) is 9.69 Å². The topological polar surface area (TPSA) is 69.2 Å². The van der Waals surface area contributed by atoms with Gasteiger partial charge in [-0.15, -0.1) is 0 Å². The largest absolute Gasteiger partial charge is 0.379 e. The van der Waals surface area contributed by atoms with E-state index in [9.17, 15) is 4.79 Å². The molecule has 1 heterocycles. The lowest BCUT2D eigenvalue weighted by molar-refractivity contribution is -0.127. The van der Waals surface area contributed by atoms with Crippen LogP contribution in [0, 0.1) is 5.92 Å². The van der Waals surface area contributed by atoms with Crippen LogP contribution >= 0.6 is 0 Å². The third kappa shape index (κ3) is 7.65. The molecule has 0 aromatic carbocycles. The maximum atomic E-state index is 11.7. The van der Waals surface area contributed by atoms with Gasteiger partial charge in [-0.05, 0) is 31.7 Å². The number of morpholine rings is 1. The van der Waals surface area contributed by atoms with E-state index in [0.29, 0.717) is 0 Å². The molecule has 1 saturated carbocycles. The van der Waals surface area contributed by atoms with Gasteiger partial charge in [0.05, 0.1) is 13.2 Å². The Hall–Kier alpha value is -1.34. The first kappa shape index (κ1) is 18.0. The number of guanidine groups is 1. The molecular weight excluding hydrogens is 294 g/mol. The van der Waals surface area contributed by atoms with Gasteiger partial charge in [0.15, 0.2) is 5.96 Å². The van der Waals surface area contributed by atoms with Crippen molar-refractivity contribution in [3.63, 3.8) is 0 Å². The summed E-state index contributed by atoms with van der Waals surface area (Å²) in [5.41, 5.74) is 0. The normalized spacial score (nSPS) is 19.5. The summed E-state index contributed by atoms with van der Waals surface area (Å²) in [5.74, 6) is 1.56. The molecule has 1 amide bonds. The van der Waals surface area contributed by atoms with Crippen molar-refractivity contribution < 1.29 is 9.53 Å². The van der Waals surface area contributed by atoms with Gasteiger partial charge in [-0.25, -0.2) is 4.99 Å². The minimum atomic E-state index is 0.0193. The van der Waals surface area contributed by atoms with E-state index in [1.54, 1.807) is 19.0 Å². The van der Waals surface area contributed by atoms with Gasteiger partial charge in [0.1, 0.15) is 6.54 Å². The number of rotatable bonds is 8. The first-order chi connectivity index (χ1) is 11.1. The Bertz CT molecular complexity index is 390. The van der Waals surface area contributed by atoms with Crippen molar-refractivity contribution in [2.75, 3.05) is 66.6 Å². The van der Waals surface area contributed by atoms with Crippen LogP contribution in [0.15, 0.2) is 4.99 Å². The fourth-order valence-corrected chi connectivity index (χ4v) is 2.36. The van der Waals surface area contributed by atoms with Crippen LogP contribution in [0.3, 0.4) is 0 Å². The number of aliphatic imine (C=N–C) groups is 1. The second kappa shape index (κ2) is 9.72. The Balaban J connectivity index is 1.67. The molecule has 132 valence electrons. The lowest BCUT2D eigenvalue weighted by atomic mass is 10.3. The zero-order chi connectivity index (χ0) is 16.5. The predicted molar refractivity (Wildman–Crippen MR) is 91.6 cm³/mol. The number of likely N-dealkylation sites (N-methyl/N-ethyl adjacent to an activating group) is 1. The van der Waals surface area contributed by atoms with E-state index in [1.807, 2.05) is 0 Å². The van der Waals surface area contributed by atoms with Gasteiger partial charge in [0.25, 0.3) is 0 Å². The van der Waals surface area contributed by atoms with Crippen molar-refractivity contribution in [3.8, 4) is 0 Å². The van der Waals surface area contributed by atoms with Crippen molar-refractivity contribution in [1.29, 1.82) is 0 Å². The summed E-state index contributed by atoms with van der Waals surface area (Å²) < 4.78 is 5.36. The molecule has 7 nitrogen and oxygen atoms in total. The van der Waals surface area contributed by atoms with Gasteiger partial charge < -0.3 is 20.3 Å². The maximum absolute atomic E-state index is 11.7. The third-order valence-corrected chi connectivity index (χ3v) is 4.17. The molecule has 2 aliphatic rings. The molecule has 7 heteroatoms. The summed E-state index contributed by atoms with van der Waals surface area (Å²) in [6.45, 7) is 6.82. The highest BCUT2D eigenvalue weighted by Gasteiger charge is 2.21. The molecule has 0 atom stereocenters. The van der Waals surface area contributed by atoms with Gasteiger partial charge >= 0.3 is 0 Å². The van der Waals surface area contributed by atoms with E-state index >= 15 is 0 Å². The van der Waals surface area contributed by atoms with Gasteiger partial charge in [-0.2, -0.15) is 0 Å². The van der Waals surface area contributed by atoms with Crippen molar-refractivity contribution in [2.24, 2.45) is 10.9 Å². The monoisotopic (exact) mass is 325 g/mol. The Labute approximate surface area is 139 Å². The minimum absolute atomic E-state index is 0.0193. The lowest BCUT2D eigenvalue weighted by Crippen LogP contribution is -2.41. The summed E-state index contributed by atoms with van der Waals surface area (Å²) in [6, 6.07) is 0. The maximum Gasteiger partial charge on any atom is 0.243 e. The average Bonchev–Trinajstić information content (AvgIpc) is 3.38. The van der Waals surface area contributed by atoms with E-state index in [4.69, 9.17) is 4.74 Å². The minimum Gasteiger partial charge on any atom is -0.379 e. The van der Waals surface area contributed by atoms with Crippen LogP contribution < -0.4 is 10.6 Å². The molecule has 0 bridgehead atoms. The first-order valence-corrected chi connectivity index (χ1v) is 8.67. The van der Waals surface area contributed by atoms with Gasteiger partial charge in [0.2, 0.25) is 5.91 Å². The first-order valence-electron chi connectivity index (χ1n) is 8.67. The summed E-state index contributed by atoms with van der Waals surface area (Å²) >= 11 is 0. The fraction of sp³-hybridized carbons (Fsp3) is 0.875. The number of amides is 1. The van der Waals surface area contributed by atoms with Crippen LogP contribution in [0.2, 0.25) is 0 Å². The zero-order valence-corrected chi connectivity index (χ0v) is 14.5. The number of carbonyl (C=O) groups is 1. The average molecular weight is 325 g/mol. The molecule has 1 saturated heterocycles. The van der Waals surface area contributed by atoms with Gasteiger partial charge in [0, 0.05) is 40.3 Å². The van der Waals surface area contributed by atoms with Crippen molar-refractivity contribution in [1.82, 2.24) is 20.4 Å². The number of hydrogen-bond acceptors (Lipinski definition) is 4. The molecule has 0 radical (unpaired) electrons. The third-order valence-electron chi connectivity index (χ3n) is 4.17. The molecule has 2 N–H and O–H groups in total. The second-order valence-corrected chi connectivity index (χ2v) is 6.51. The van der Waals surface area contributed by atoms with E-state index in [-0.39, 0.29) is 12.5 Å². The molecule has 1 aliphatic carbocycles. The fourth-order valence-electron chi connectivity index (χ4n) is 2.36. The SMILES string of the molecule is CN(C)C(=O)CN=C(NCCCN1CCOCC1)NCC1CC1. The summed E-state index contributed by atoms with van der Waals surface area (Å²) in [6.07, 6.45) is 3.66. The smallest absolute Gasteiger partial charge is 0.243 e. The standard InChI is InChI=1S/C16H31N5O2/c1-20(2)15(22)13-19-16(18-12-14-4-5-14)17-6-3-7-21-8-10-23-11-9-21/h14H,3-13H2,1-2H3,(H2,17,18,19). The molecule has 1 aliphatic heterocycles. The number of ether oxygens (including phenoxy) is 1. The Kier molecular flexibility index (Phi) is 7.61. The quantitative estimate of drug-likeness (QED) is 0.366. The van der Waals surface area contributed by atoms with E-state index in [2.05, 4.69) is 20.5 Å². The van der Waals surface area contributed by atoms with Crippen LogP contribution in [0.25, 0.3) is 0 Å². The van der Waals surface area contributed by atoms with Crippen molar-refractivity contribution in [2.45, 2.75) is 19.3 Å². The van der Waals surface area contributed by atoms with E-state index in [0.717, 1.165) is 64.2 Å².